The summed E-state index contributed by atoms with van der Waals surface area (Å²) in [4.78, 5) is 0. The van der Waals surface area contributed by atoms with Gasteiger partial charge in [0.25, 0.3) is 0 Å². The number of benzene rings is 1. The summed E-state index contributed by atoms with van der Waals surface area (Å²) in [6.07, 6.45) is 8.41. The van der Waals surface area contributed by atoms with Gasteiger partial charge in [0.05, 0.1) is 0 Å². The second-order valence-corrected chi connectivity index (χ2v) is 4.62. The molecule has 0 nitrogen and oxygen atoms in total. The summed E-state index contributed by atoms with van der Waals surface area (Å²) >= 11 is 12.3. The third-order valence-corrected chi connectivity index (χ3v) is 3.98. The number of halogens is 2. The fourth-order valence-electron chi connectivity index (χ4n) is 2.19. The zero-order valence-corrected chi connectivity index (χ0v) is 10.5. The van der Waals surface area contributed by atoms with Crippen LogP contribution in [0.2, 0.25) is 0 Å². The maximum absolute atomic E-state index is 6.20. The lowest BCUT2D eigenvalue weighted by atomic mass is 9.70. The van der Waals surface area contributed by atoms with Gasteiger partial charge in [0.2, 0.25) is 0 Å². The van der Waals surface area contributed by atoms with Crippen molar-refractivity contribution in [3.63, 3.8) is 0 Å². The molecule has 1 aliphatic rings. The van der Waals surface area contributed by atoms with Crippen molar-refractivity contribution in [2.24, 2.45) is 5.92 Å². The minimum absolute atomic E-state index is 0.153. The molecular formula is C14H14Cl2. The standard InChI is InChI=1S/C14H14Cl2/c15-10-13-8-4-5-9-14(13,11-16)12-6-2-1-3-7-12/h1-9,13H,10-11H2. The number of hydrogen-bond donors (Lipinski definition) is 0. The average molecular weight is 253 g/mol. The molecule has 1 aromatic carbocycles. The second kappa shape index (κ2) is 5.07. The van der Waals surface area contributed by atoms with Crippen molar-refractivity contribution in [3.05, 3.63) is 60.2 Å². The topological polar surface area (TPSA) is 0 Å². The van der Waals surface area contributed by atoms with Crippen LogP contribution < -0.4 is 0 Å². The Bertz CT molecular complexity index is 394. The molecule has 0 bridgehead atoms. The first-order chi connectivity index (χ1) is 7.83. The molecule has 0 radical (unpaired) electrons. The molecule has 0 aromatic heterocycles. The van der Waals surface area contributed by atoms with Gasteiger partial charge < -0.3 is 0 Å². The highest BCUT2D eigenvalue weighted by atomic mass is 35.5. The molecule has 1 aliphatic carbocycles. The van der Waals surface area contributed by atoms with Crippen LogP contribution in [0.25, 0.3) is 0 Å². The van der Waals surface area contributed by atoms with Gasteiger partial charge >= 0.3 is 0 Å². The minimum atomic E-state index is -0.153. The smallest absolute Gasteiger partial charge is 0.0361 e. The molecule has 0 aliphatic heterocycles. The van der Waals surface area contributed by atoms with E-state index < -0.39 is 0 Å². The molecule has 0 saturated carbocycles. The van der Waals surface area contributed by atoms with E-state index in [9.17, 15) is 0 Å². The number of hydrogen-bond acceptors (Lipinski definition) is 0. The molecule has 1 aromatic rings. The molecular weight excluding hydrogens is 239 g/mol. The summed E-state index contributed by atoms with van der Waals surface area (Å²) in [7, 11) is 0. The van der Waals surface area contributed by atoms with Crippen molar-refractivity contribution in [2.75, 3.05) is 11.8 Å². The van der Waals surface area contributed by atoms with Gasteiger partial charge in [-0.25, -0.2) is 0 Å². The van der Waals surface area contributed by atoms with Crippen LogP contribution in [0.5, 0.6) is 0 Å². The Morgan fingerprint density at radius 3 is 2.44 bits per heavy atom. The summed E-state index contributed by atoms with van der Waals surface area (Å²) in [5, 5.41) is 0. The van der Waals surface area contributed by atoms with E-state index >= 15 is 0 Å². The van der Waals surface area contributed by atoms with E-state index in [4.69, 9.17) is 23.2 Å². The molecule has 0 N–H and O–H groups in total. The Labute approximate surface area is 107 Å². The van der Waals surface area contributed by atoms with Crippen LogP contribution in [0.15, 0.2) is 54.6 Å². The minimum Gasteiger partial charge on any atom is -0.126 e. The highest BCUT2D eigenvalue weighted by molar-refractivity contribution is 6.20. The lowest BCUT2D eigenvalue weighted by molar-refractivity contribution is 0.468. The summed E-state index contributed by atoms with van der Waals surface area (Å²) in [5.74, 6) is 1.40. The number of allylic oxidation sites excluding steroid dienone is 4. The van der Waals surface area contributed by atoms with Crippen molar-refractivity contribution in [2.45, 2.75) is 5.41 Å². The first-order valence-electron chi connectivity index (χ1n) is 5.37. The Morgan fingerprint density at radius 1 is 1.06 bits per heavy atom. The first-order valence-corrected chi connectivity index (χ1v) is 6.44. The monoisotopic (exact) mass is 252 g/mol. The maximum atomic E-state index is 6.20. The van der Waals surface area contributed by atoms with Crippen LogP contribution in [0, 0.1) is 5.92 Å². The predicted octanol–water partition coefficient (Wildman–Crippen LogP) is 4.14. The Balaban J connectivity index is 2.46. The molecule has 16 heavy (non-hydrogen) atoms. The summed E-state index contributed by atoms with van der Waals surface area (Å²) in [6.45, 7) is 0. The molecule has 2 heteroatoms. The third-order valence-electron chi connectivity index (χ3n) is 3.21. The van der Waals surface area contributed by atoms with Crippen molar-refractivity contribution in [1.82, 2.24) is 0 Å². The summed E-state index contributed by atoms with van der Waals surface area (Å²) in [5.41, 5.74) is 1.08. The van der Waals surface area contributed by atoms with Crippen LogP contribution in [0.4, 0.5) is 0 Å². The van der Waals surface area contributed by atoms with Crippen LogP contribution >= 0.6 is 23.2 Å². The maximum Gasteiger partial charge on any atom is 0.0361 e. The SMILES string of the molecule is ClCC1C=CC=CC1(CCl)c1ccccc1. The molecule has 0 heterocycles. The Hall–Kier alpha value is -0.720. The molecule has 2 rings (SSSR count). The molecule has 0 amide bonds. The fourth-order valence-corrected chi connectivity index (χ4v) is 3.01. The van der Waals surface area contributed by atoms with E-state index in [0.717, 1.165) is 0 Å². The number of alkyl halides is 2. The van der Waals surface area contributed by atoms with E-state index in [1.165, 1.54) is 5.56 Å². The molecule has 84 valence electrons. The first kappa shape index (κ1) is 11.8. The van der Waals surface area contributed by atoms with Crippen LogP contribution in [0.1, 0.15) is 5.56 Å². The Morgan fingerprint density at radius 2 is 1.81 bits per heavy atom. The van der Waals surface area contributed by atoms with Crippen molar-refractivity contribution < 1.29 is 0 Å². The largest absolute Gasteiger partial charge is 0.126 e. The molecule has 2 atom stereocenters. The zero-order valence-electron chi connectivity index (χ0n) is 8.94. The Kier molecular flexibility index (Phi) is 3.73. The lowest BCUT2D eigenvalue weighted by Gasteiger charge is -2.36. The van der Waals surface area contributed by atoms with Crippen molar-refractivity contribution in [3.8, 4) is 0 Å². The second-order valence-electron chi connectivity index (χ2n) is 4.04. The number of rotatable bonds is 3. The van der Waals surface area contributed by atoms with Crippen LogP contribution in [-0.4, -0.2) is 11.8 Å². The third kappa shape index (κ3) is 1.92. The van der Waals surface area contributed by atoms with Crippen LogP contribution in [-0.2, 0) is 5.41 Å². The van der Waals surface area contributed by atoms with Gasteiger partial charge in [-0.2, -0.15) is 0 Å². The quantitative estimate of drug-likeness (QED) is 0.710. The fraction of sp³-hybridized carbons (Fsp3) is 0.286. The van der Waals surface area contributed by atoms with E-state index in [0.29, 0.717) is 11.8 Å². The molecule has 0 fully saturated rings. The van der Waals surface area contributed by atoms with E-state index in [1.807, 2.05) is 24.3 Å². The van der Waals surface area contributed by atoms with E-state index in [-0.39, 0.29) is 11.3 Å². The molecule has 0 spiro atoms. The van der Waals surface area contributed by atoms with E-state index in [2.05, 4.69) is 30.4 Å². The van der Waals surface area contributed by atoms with E-state index in [1.54, 1.807) is 0 Å². The predicted molar refractivity (Wildman–Crippen MR) is 71.3 cm³/mol. The van der Waals surface area contributed by atoms with Gasteiger partial charge in [0, 0.05) is 23.1 Å². The highest BCUT2D eigenvalue weighted by Gasteiger charge is 2.36. The zero-order chi connectivity index (χ0) is 11.4. The summed E-state index contributed by atoms with van der Waals surface area (Å²) in [6, 6.07) is 10.3. The highest BCUT2D eigenvalue weighted by Crippen LogP contribution is 2.39. The normalized spacial score (nSPS) is 28.2. The molecule has 2 unspecified atom stereocenters. The van der Waals surface area contributed by atoms with Gasteiger partial charge in [-0.1, -0.05) is 54.6 Å². The molecule has 0 saturated heterocycles. The van der Waals surface area contributed by atoms with Crippen LogP contribution in [0.3, 0.4) is 0 Å². The summed E-state index contributed by atoms with van der Waals surface area (Å²) < 4.78 is 0. The van der Waals surface area contributed by atoms with Crippen molar-refractivity contribution >= 4 is 23.2 Å². The van der Waals surface area contributed by atoms with Gasteiger partial charge in [0.1, 0.15) is 0 Å². The van der Waals surface area contributed by atoms with Gasteiger partial charge in [-0.3, -0.25) is 0 Å². The average Bonchev–Trinajstić information content (AvgIpc) is 2.39. The van der Waals surface area contributed by atoms with Crippen molar-refractivity contribution in [1.29, 1.82) is 0 Å². The van der Waals surface area contributed by atoms with Gasteiger partial charge in [-0.15, -0.1) is 23.2 Å². The van der Waals surface area contributed by atoms with Gasteiger partial charge in [0.15, 0.2) is 0 Å². The lowest BCUT2D eigenvalue weighted by Crippen LogP contribution is -2.36. The van der Waals surface area contributed by atoms with Gasteiger partial charge in [-0.05, 0) is 5.56 Å².